The fraction of sp³-hybridized carbons (Fsp3) is 0. The lowest BCUT2D eigenvalue weighted by Gasteiger charge is -2.04. The summed E-state index contributed by atoms with van der Waals surface area (Å²) in [5.74, 6) is 0. The summed E-state index contributed by atoms with van der Waals surface area (Å²) in [5.41, 5.74) is 2.54. The van der Waals surface area contributed by atoms with Gasteiger partial charge in [-0.15, -0.1) is 0 Å². The van der Waals surface area contributed by atoms with E-state index in [4.69, 9.17) is 0 Å². The number of nitrogens with one attached hydrogen (secondary N) is 1. The minimum atomic E-state index is 0.673. The van der Waals surface area contributed by atoms with Gasteiger partial charge in [0.05, 0.1) is 11.9 Å². The maximum Gasteiger partial charge on any atom is 0.150 e. The minimum absolute atomic E-state index is 0.673. The molecule has 3 heteroatoms. The molecule has 0 fully saturated rings. The van der Waals surface area contributed by atoms with Gasteiger partial charge in [0.2, 0.25) is 0 Å². The van der Waals surface area contributed by atoms with E-state index < -0.39 is 0 Å². The van der Waals surface area contributed by atoms with Crippen molar-refractivity contribution in [2.45, 2.75) is 0 Å². The molecule has 74 valence electrons. The average Bonchev–Trinajstić information content (AvgIpc) is 2.31. The van der Waals surface area contributed by atoms with E-state index in [-0.39, 0.29) is 0 Å². The number of hydrogen-bond donors (Lipinski definition) is 1. The summed E-state index contributed by atoms with van der Waals surface area (Å²) in [7, 11) is 0. The van der Waals surface area contributed by atoms with Crippen molar-refractivity contribution in [1.82, 2.24) is 4.98 Å². The van der Waals surface area contributed by atoms with Gasteiger partial charge in [0.1, 0.15) is 6.29 Å². The van der Waals surface area contributed by atoms with Gasteiger partial charge < -0.3 is 5.32 Å². The Kier molecular flexibility index (Phi) is 2.74. The Morgan fingerprint density at radius 2 is 1.87 bits per heavy atom. The van der Waals surface area contributed by atoms with E-state index in [2.05, 4.69) is 10.3 Å². The molecule has 3 nitrogen and oxygen atoms in total. The summed E-state index contributed by atoms with van der Waals surface area (Å²) in [5, 5.41) is 3.18. The number of carbonyl (C=O) groups excluding carboxylic acids is 1. The SMILES string of the molecule is O=Cc1ccc(Nc2cccnc2)cc1. The monoisotopic (exact) mass is 198 g/mol. The second-order valence-corrected chi connectivity index (χ2v) is 3.11. The van der Waals surface area contributed by atoms with Gasteiger partial charge in [0, 0.05) is 17.4 Å². The van der Waals surface area contributed by atoms with Crippen molar-refractivity contribution in [3.05, 3.63) is 54.4 Å². The second-order valence-electron chi connectivity index (χ2n) is 3.11. The Hall–Kier alpha value is -2.16. The van der Waals surface area contributed by atoms with E-state index in [1.54, 1.807) is 24.5 Å². The highest BCUT2D eigenvalue weighted by atomic mass is 16.1. The quantitative estimate of drug-likeness (QED) is 0.771. The van der Waals surface area contributed by atoms with Gasteiger partial charge in [0.15, 0.2) is 0 Å². The zero-order valence-corrected chi connectivity index (χ0v) is 8.05. The molecule has 1 heterocycles. The molecule has 2 rings (SSSR count). The number of nitrogens with zero attached hydrogens (tertiary/aromatic N) is 1. The van der Waals surface area contributed by atoms with E-state index >= 15 is 0 Å². The van der Waals surface area contributed by atoms with E-state index in [9.17, 15) is 4.79 Å². The molecule has 0 saturated carbocycles. The first kappa shape index (κ1) is 9.40. The fourth-order valence-electron chi connectivity index (χ4n) is 1.25. The molecule has 0 aliphatic carbocycles. The van der Waals surface area contributed by atoms with Crippen LogP contribution in [0, 0.1) is 0 Å². The third-order valence-corrected chi connectivity index (χ3v) is 2.00. The zero-order chi connectivity index (χ0) is 10.5. The summed E-state index contributed by atoms with van der Waals surface area (Å²) in [6, 6.07) is 11.0. The number of anilines is 2. The Morgan fingerprint density at radius 1 is 1.07 bits per heavy atom. The maximum absolute atomic E-state index is 10.4. The van der Waals surface area contributed by atoms with E-state index in [0.29, 0.717) is 5.56 Å². The molecular formula is C12H10N2O. The van der Waals surface area contributed by atoms with Crippen LogP contribution in [0.2, 0.25) is 0 Å². The van der Waals surface area contributed by atoms with Crippen molar-refractivity contribution in [1.29, 1.82) is 0 Å². The van der Waals surface area contributed by atoms with Crippen LogP contribution in [-0.2, 0) is 0 Å². The fourth-order valence-corrected chi connectivity index (χ4v) is 1.25. The summed E-state index contributed by atoms with van der Waals surface area (Å²) < 4.78 is 0. The molecule has 1 aromatic heterocycles. The second kappa shape index (κ2) is 4.37. The first-order valence-electron chi connectivity index (χ1n) is 4.61. The lowest BCUT2D eigenvalue weighted by Crippen LogP contribution is -1.90. The first-order chi connectivity index (χ1) is 7.38. The molecule has 15 heavy (non-hydrogen) atoms. The van der Waals surface area contributed by atoms with Crippen LogP contribution in [0.15, 0.2) is 48.8 Å². The third kappa shape index (κ3) is 2.40. The van der Waals surface area contributed by atoms with Crippen molar-refractivity contribution in [2.75, 3.05) is 5.32 Å². The molecule has 0 spiro atoms. The van der Waals surface area contributed by atoms with Crippen LogP contribution >= 0.6 is 0 Å². The number of rotatable bonds is 3. The molecule has 0 saturated heterocycles. The van der Waals surface area contributed by atoms with Gasteiger partial charge in [0.25, 0.3) is 0 Å². The standard InChI is InChI=1S/C12H10N2O/c15-9-10-3-5-11(6-4-10)14-12-2-1-7-13-8-12/h1-9,14H. The summed E-state index contributed by atoms with van der Waals surface area (Å²) in [6.45, 7) is 0. The van der Waals surface area contributed by atoms with Crippen molar-refractivity contribution < 1.29 is 4.79 Å². The van der Waals surface area contributed by atoms with E-state index in [0.717, 1.165) is 17.7 Å². The van der Waals surface area contributed by atoms with Crippen molar-refractivity contribution in [3.8, 4) is 0 Å². The van der Waals surface area contributed by atoms with Gasteiger partial charge >= 0.3 is 0 Å². The minimum Gasteiger partial charge on any atom is -0.354 e. The number of pyridine rings is 1. The number of carbonyl (C=O) groups is 1. The van der Waals surface area contributed by atoms with Gasteiger partial charge in [-0.05, 0) is 36.4 Å². The largest absolute Gasteiger partial charge is 0.354 e. The molecule has 2 aromatic rings. The van der Waals surface area contributed by atoms with Crippen LogP contribution in [0.1, 0.15) is 10.4 Å². The van der Waals surface area contributed by atoms with Crippen molar-refractivity contribution in [2.24, 2.45) is 0 Å². The summed E-state index contributed by atoms with van der Waals surface area (Å²) in [4.78, 5) is 14.4. The lowest BCUT2D eigenvalue weighted by atomic mass is 10.2. The van der Waals surface area contributed by atoms with Crippen LogP contribution in [-0.4, -0.2) is 11.3 Å². The van der Waals surface area contributed by atoms with Gasteiger partial charge in [-0.25, -0.2) is 0 Å². The highest BCUT2D eigenvalue weighted by Crippen LogP contribution is 2.14. The Morgan fingerprint density at radius 3 is 2.47 bits per heavy atom. The zero-order valence-electron chi connectivity index (χ0n) is 8.05. The number of aldehydes is 1. The molecule has 0 aliphatic rings. The van der Waals surface area contributed by atoms with E-state index in [1.807, 2.05) is 24.3 Å². The Balaban J connectivity index is 2.15. The number of benzene rings is 1. The average molecular weight is 198 g/mol. The Labute approximate surface area is 87.8 Å². The van der Waals surface area contributed by atoms with Crippen molar-refractivity contribution in [3.63, 3.8) is 0 Å². The third-order valence-electron chi connectivity index (χ3n) is 2.00. The van der Waals surface area contributed by atoms with Gasteiger partial charge in [-0.3, -0.25) is 9.78 Å². The van der Waals surface area contributed by atoms with Gasteiger partial charge in [-0.1, -0.05) is 0 Å². The molecule has 0 unspecified atom stereocenters. The van der Waals surface area contributed by atoms with Crippen LogP contribution in [0.25, 0.3) is 0 Å². The summed E-state index contributed by atoms with van der Waals surface area (Å²) in [6.07, 6.45) is 4.29. The molecule has 0 atom stereocenters. The predicted molar refractivity (Wildman–Crippen MR) is 59.3 cm³/mol. The molecule has 0 bridgehead atoms. The number of hydrogen-bond acceptors (Lipinski definition) is 3. The van der Waals surface area contributed by atoms with Crippen LogP contribution in [0.5, 0.6) is 0 Å². The Bertz CT molecular complexity index is 437. The predicted octanol–water partition coefficient (Wildman–Crippen LogP) is 2.64. The smallest absolute Gasteiger partial charge is 0.150 e. The van der Waals surface area contributed by atoms with Gasteiger partial charge in [-0.2, -0.15) is 0 Å². The van der Waals surface area contributed by atoms with Crippen LogP contribution < -0.4 is 5.32 Å². The van der Waals surface area contributed by atoms with Crippen LogP contribution in [0.4, 0.5) is 11.4 Å². The molecule has 1 N–H and O–H groups in total. The topological polar surface area (TPSA) is 42.0 Å². The highest BCUT2D eigenvalue weighted by molar-refractivity contribution is 5.76. The van der Waals surface area contributed by atoms with E-state index in [1.165, 1.54) is 0 Å². The number of aromatic nitrogens is 1. The van der Waals surface area contributed by atoms with Crippen LogP contribution in [0.3, 0.4) is 0 Å². The molecule has 0 amide bonds. The lowest BCUT2D eigenvalue weighted by molar-refractivity contribution is 0.112. The molecule has 0 aliphatic heterocycles. The molecule has 1 aromatic carbocycles. The first-order valence-corrected chi connectivity index (χ1v) is 4.61. The normalized spacial score (nSPS) is 9.60. The van der Waals surface area contributed by atoms with Crippen molar-refractivity contribution >= 4 is 17.7 Å². The summed E-state index contributed by atoms with van der Waals surface area (Å²) >= 11 is 0. The maximum atomic E-state index is 10.4. The molecule has 0 radical (unpaired) electrons. The highest BCUT2D eigenvalue weighted by Gasteiger charge is 1.94. The molecular weight excluding hydrogens is 188 g/mol.